The van der Waals surface area contributed by atoms with E-state index < -0.39 is 11.9 Å². The van der Waals surface area contributed by atoms with Gasteiger partial charge in [-0.25, -0.2) is 9.47 Å². The SMILES string of the molecule is Cc1ccc(-c2nnc(SCC(=O)NC(=O)NC(C)C3CC4CCC3C4)n2N)cc1. The molecule has 4 N–H and O–H groups in total. The highest BCUT2D eigenvalue weighted by molar-refractivity contribution is 7.99. The first kappa shape index (κ1) is 20.7. The van der Waals surface area contributed by atoms with Crippen LogP contribution in [0.5, 0.6) is 0 Å². The number of nitrogen functional groups attached to an aromatic ring is 1. The van der Waals surface area contributed by atoms with Crippen LogP contribution in [-0.4, -0.2) is 38.6 Å². The smallest absolute Gasteiger partial charge is 0.321 e. The number of nitrogens with zero attached hydrogens (tertiary/aromatic N) is 3. The number of fused-ring (bicyclic) bond motifs is 2. The fraction of sp³-hybridized carbons (Fsp3) is 0.524. The predicted molar refractivity (Wildman–Crippen MR) is 116 cm³/mol. The molecule has 1 aromatic carbocycles. The molecule has 2 fully saturated rings. The number of imide groups is 1. The van der Waals surface area contributed by atoms with E-state index in [0.29, 0.717) is 16.9 Å². The first-order valence-corrected chi connectivity index (χ1v) is 11.4. The lowest BCUT2D eigenvalue weighted by molar-refractivity contribution is -0.117. The van der Waals surface area contributed by atoms with Crippen molar-refractivity contribution in [2.24, 2.45) is 17.8 Å². The summed E-state index contributed by atoms with van der Waals surface area (Å²) in [5, 5.41) is 13.9. The van der Waals surface area contributed by atoms with Crippen molar-refractivity contribution < 1.29 is 9.59 Å². The van der Waals surface area contributed by atoms with Crippen LogP contribution in [0.4, 0.5) is 4.79 Å². The number of benzene rings is 1. The second-order valence-corrected chi connectivity index (χ2v) is 9.42. The van der Waals surface area contributed by atoms with Gasteiger partial charge < -0.3 is 11.2 Å². The molecule has 3 amide bonds. The average molecular weight is 429 g/mol. The van der Waals surface area contributed by atoms with Crippen LogP contribution in [0.1, 0.15) is 38.2 Å². The van der Waals surface area contributed by atoms with E-state index in [1.807, 2.05) is 38.1 Å². The van der Waals surface area contributed by atoms with Crippen molar-refractivity contribution in [2.75, 3.05) is 11.6 Å². The van der Waals surface area contributed by atoms with Gasteiger partial charge in [-0.15, -0.1) is 10.2 Å². The highest BCUT2D eigenvalue weighted by atomic mass is 32.2. The Balaban J connectivity index is 1.25. The van der Waals surface area contributed by atoms with Gasteiger partial charge in [0, 0.05) is 11.6 Å². The molecule has 2 saturated carbocycles. The van der Waals surface area contributed by atoms with Crippen LogP contribution >= 0.6 is 11.8 Å². The monoisotopic (exact) mass is 428 g/mol. The fourth-order valence-corrected chi connectivity index (χ4v) is 5.48. The number of rotatable bonds is 6. The summed E-state index contributed by atoms with van der Waals surface area (Å²) in [5.74, 6) is 8.31. The Hall–Kier alpha value is -2.55. The van der Waals surface area contributed by atoms with Crippen molar-refractivity contribution in [1.29, 1.82) is 0 Å². The summed E-state index contributed by atoms with van der Waals surface area (Å²) in [7, 11) is 0. The van der Waals surface area contributed by atoms with E-state index in [4.69, 9.17) is 5.84 Å². The molecule has 2 aliphatic carbocycles. The number of aromatic nitrogens is 3. The zero-order chi connectivity index (χ0) is 21.3. The first-order chi connectivity index (χ1) is 14.4. The van der Waals surface area contributed by atoms with E-state index in [2.05, 4.69) is 20.8 Å². The van der Waals surface area contributed by atoms with Gasteiger partial charge >= 0.3 is 6.03 Å². The number of thioether (sulfide) groups is 1. The molecule has 4 unspecified atom stereocenters. The number of hydrogen-bond acceptors (Lipinski definition) is 6. The van der Waals surface area contributed by atoms with Crippen molar-refractivity contribution in [1.82, 2.24) is 25.5 Å². The molecule has 2 aliphatic rings. The summed E-state index contributed by atoms with van der Waals surface area (Å²) in [6, 6.07) is 7.42. The number of nitrogens with two attached hydrogens (primary N) is 1. The highest BCUT2D eigenvalue weighted by Crippen LogP contribution is 2.49. The Labute approximate surface area is 180 Å². The van der Waals surface area contributed by atoms with E-state index >= 15 is 0 Å². The minimum Gasteiger partial charge on any atom is -0.335 e. The van der Waals surface area contributed by atoms with Crippen molar-refractivity contribution in [3.8, 4) is 11.4 Å². The number of amides is 3. The summed E-state index contributed by atoms with van der Waals surface area (Å²) in [6.45, 7) is 4.04. The Bertz CT molecular complexity index is 928. The predicted octanol–water partition coefficient (Wildman–Crippen LogP) is 2.71. The standard InChI is InChI=1S/C21H28N6O2S/c1-12-3-6-15(7-4-12)19-25-26-21(27(19)22)30-11-18(28)24-20(29)23-13(2)17-10-14-5-8-16(17)9-14/h3-4,6-7,13-14,16-17H,5,8-11,22H2,1-2H3,(H2,23,24,28,29). The molecule has 160 valence electrons. The molecule has 0 spiro atoms. The Morgan fingerprint density at radius 3 is 2.67 bits per heavy atom. The van der Waals surface area contributed by atoms with Crippen molar-refractivity contribution >= 4 is 23.7 Å². The molecule has 0 radical (unpaired) electrons. The van der Waals surface area contributed by atoms with E-state index in [1.54, 1.807) is 0 Å². The third-order valence-corrected chi connectivity index (χ3v) is 7.30. The van der Waals surface area contributed by atoms with E-state index in [0.717, 1.165) is 34.7 Å². The van der Waals surface area contributed by atoms with E-state index in [9.17, 15) is 9.59 Å². The number of aryl methyl sites for hydroxylation is 1. The number of carbonyl (C=O) groups excluding carboxylic acids is 2. The molecule has 2 aromatic rings. The first-order valence-electron chi connectivity index (χ1n) is 10.4. The van der Waals surface area contributed by atoms with Gasteiger partial charge in [0.1, 0.15) is 0 Å². The number of carbonyl (C=O) groups is 2. The molecule has 2 bridgehead atoms. The van der Waals surface area contributed by atoms with Crippen LogP contribution < -0.4 is 16.5 Å². The Morgan fingerprint density at radius 2 is 2.00 bits per heavy atom. The molecule has 1 heterocycles. The summed E-state index contributed by atoms with van der Waals surface area (Å²) >= 11 is 1.14. The van der Waals surface area contributed by atoms with Crippen LogP contribution in [0.15, 0.2) is 29.4 Å². The molecule has 9 heteroatoms. The van der Waals surface area contributed by atoms with Crippen LogP contribution in [-0.2, 0) is 4.79 Å². The summed E-state index contributed by atoms with van der Waals surface area (Å²) in [5.41, 5.74) is 1.99. The zero-order valence-electron chi connectivity index (χ0n) is 17.3. The van der Waals surface area contributed by atoms with Crippen molar-refractivity contribution in [3.05, 3.63) is 29.8 Å². The summed E-state index contributed by atoms with van der Waals surface area (Å²) in [4.78, 5) is 24.4. The maximum atomic E-state index is 12.2. The lowest BCUT2D eigenvalue weighted by Gasteiger charge is -2.28. The van der Waals surface area contributed by atoms with Gasteiger partial charge in [0.2, 0.25) is 11.1 Å². The molecule has 8 nitrogen and oxygen atoms in total. The number of hydrogen-bond donors (Lipinski definition) is 3. The summed E-state index contributed by atoms with van der Waals surface area (Å²) in [6.07, 6.45) is 5.07. The zero-order valence-corrected chi connectivity index (χ0v) is 18.1. The molecular weight excluding hydrogens is 400 g/mol. The van der Waals surface area contributed by atoms with Crippen LogP contribution in [0, 0.1) is 24.7 Å². The minimum absolute atomic E-state index is 0.0269. The number of urea groups is 1. The Kier molecular flexibility index (Phi) is 5.99. The second kappa shape index (κ2) is 8.67. The van der Waals surface area contributed by atoms with Gasteiger partial charge in [0.05, 0.1) is 5.75 Å². The summed E-state index contributed by atoms with van der Waals surface area (Å²) < 4.78 is 1.36. The highest BCUT2D eigenvalue weighted by Gasteiger charge is 2.42. The van der Waals surface area contributed by atoms with Gasteiger partial charge in [-0.3, -0.25) is 10.1 Å². The average Bonchev–Trinajstić information content (AvgIpc) is 3.43. The maximum absolute atomic E-state index is 12.2. The third-order valence-electron chi connectivity index (χ3n) is 6.35. The molecule has 0 aliphatic heterocycles. The third kappa shape index (κ3) is 4.45. The van der Waals surface area contributed by atoms with Gasteiger partial charge in [-0.05, 0) is 50.9 Å². The van der Waals surface area contributed by atoms with Crippen LogP contribution in [0.25, 0.3) is 11.4 Å². The van der Waals surface area contributed by atoms with Gasteiger partial charge in [0.15, 0.2) is 5.82 Å². The van der Waals surface area contributed by atoms with Crippen LogP contribution in [0.3, 0.4) is 0 Å². The second-order valence-electron chi connectivity index (χ2n) is 8.48. The Morgan fingerprint density at radius 1 is 1.23 bits per heavy atom. The topological polar surface area (TPSA) is 115 Å². The molecule has 4 atom stereocenters. The largest absolute Gasteiger partial charge is 0.335 e. The molecule has 4 rings (SSSR count). The molecule has 30 heavy (non-hydrogen) atoms. The molecular formula is C21H28N6O2S. The molecule has 1 aromatic heterocycles. The quantitative estimate of drug-likeness (QED) is 0.481. The lowest BCUT2D eigenvalue weighted by Crippen LogP contribution is -2.47. The van der Waals surface area contributed by atoms with Crippen molar-refractivity contribution in [3.63, 3.8) is 0 Å². The van der Waals surface area contributed by atoms with E-state index in [-0.39, 0.29) is 11.8 Å². The van der Waals surface area contributed by atoms with Gasteiger partial charge in [-0.1, -0.05) is 48.0 Å². The maximum Gasteiger partial charge on any atom is 0.321 e. The lowest BCUT2D eigenvalue weighted by atomic mass is 9.84. The minimum atomic E-state index is -0.439. The van der Waals surface area contributed by atoms with Crippen LogP contribution in [0.2, 0.25) is 0 Å². The van der Waals surface area contributed by atoms with Gasteiger partial charge in [0.25, 0.3) is 0 Å². The normalized spacial score (nSPS) is 23.3. The van der Waals surface area contributed by atoms with Gasteiger partial charge in [-0.2, -0.15) is 0 Å². The molecule has 0 saturated heterocycles. The van der Waals surface area contributed by atoms with E-state index in [1.165, 1.54) is 30.4 Å². The number of nitrogens with one attached hydrogen (secondary N) is 2. The fourth-order valence-electron chi connectivity index (χ4n) is 4.82. The van der Waals surface area contributed by atoms with Crippen molar-refractivity contribution in [2.45, 2.75) is 50.7 Å².